The molecule has 3 aromatic rings. The molecule has 3 aromatic carbocycles. The average Bonchev–Trinajstić information content (AvgIpc) is 2.62. The third kappa shape index (κ3) is 4.77. The molecule has 0 aromatic heterocycles. The Morgan fingerprint density at radius 3 is 1.69 bits per heavy atom. The standard InChI is InChI=1S/C21H20N2O3/c24-19-11-18(12-20(25)13-19)22-21(26)23(14-16-7-3-1-4-8-16)15-17-9-5-2-6-10-17/h1-13,24-25H,14-15H2,(H,22,26). The van der Waals surface area contributed by atoms with E-state index >= 15 is 0 Å². The summed E-state index contributed by atoms with van der Waals surface area (Å²) >= 11 is 0. The van der Waals surface area contributed by atoms with Crippen molar-refractivity contribution in [2.24, 2.45) is 0 Å². The monoisotopic (exact) mass is 348 g/mol. The fourth-order valence-electron chi connectivity index (χ4n) is 2.68. The van der Waals surface area contributed by atoms with E-state index in [2.05, 4.69) is 5.32 Å². The summed E-state index contributed by atoms with van der Waals surface area (Å²) in [5.74, 6) is -0.226. The summed E-state index contributed by atoms with van der Waals surface area (Å²) in [4.78, 5) is 14.5. The van der Waals surface area contributed by atoms with Crippen LogP contribution in [0.15, 0.2) is 78.9 Å². The van der Waals surface area contributed by atoms with Crippen LogP contribution in [0.4, 0.5) is 10.5 Å². The number of benzene rings is 3. The number of phenols is 2. The zero-order valence-corrected chi connectivity index (χ0v) is 14.2. The summed E-state index contributed by atoms with van der Waals surface area (Å²) in [6.45, 7) is 0.874. The molecule has 26 heavy (non-hydrogen) atoms. The van der Waals surface area contributed by atoms with Crippen LogP contribution in [0, 0.1) is 0 Å². The number of carbonyl (C=O) groups excluding carboxylic acids is 1. The van der Waals surface area contributed by atoms with Crippen molar-refractivity contribution < 1.29 is 15.0 Å². The highest BCUT2D eigenvalue weighted by atomic mass is 16.3. The first kappa shape index (κ1) is 17.4. The van der Waals surface area contributed by atoms with Crippen LogP contribution in [-0.2, 0) is 13.1 Å². The first-order valence-electron chi connectivity index (χ1n) is 8.27. The van der Waals surface area contributed by atoms with E-state index in [-0.39, 0.29) is 17.5 Å². The SMILES string of the molecule is O=C(Nc1cc(O)cc(O)c1)N(Cc1ccccc1)Cc1ccccc1. The molecule has 0 saturated heterocycles. The second kappa shape index (κ2) is 8.07. The van der Waals surface area contributed by atoms with Crippen molar-refractivity contribution in [2.45, 2.75) is 13.1 Å². The van der Waals surface area contributed by atoms with E-state index in [9.17, 15) is 15.0 Å². The summed E-state index contributed by atoms with van der Waals surface area (Å²) in [5, 5.41) is 21.9. The number of amides is 2. The number of nitrogens with one attached hydrogen (secondary N) is 1. The quantitative estimate of drug-likeness (QED) is 0.642. The molecule has 0 aliphatic rings. The van der Waals surface area contributed by atoms with Gasteiger partial charge in [-0.15, -0.1) is 0 Å². The molecule has 0 spiro atoms. The van der Waals surface area contributed by atoms with Crippen LogP contribution in [0.25, 0.3) is 0 Å². The number of urea groups is 1. The minimum atomic E-state index is -0.317. The molecule has 0 aliphatic heterocycles. The molecule has 0 bridgehead atoms. The summed E-state index contributed by atoms with van der Waals surface area (Å²) in [6.07, 6.45) is 0. The minimum absolute atomic E-state index is 0.113. The molecule has 3 rings (SSSR count). The second-order valence-electron chi connectivity index (χ2n) is 6.00. The fourth-order valence-corrected chi connectivity index (χ4v) is 2.68. The van der Waals surface area contributed by atoms with Gasteiger partial charge >= 0.3 is 6.03 Å². The molecule has 0 radical (unpaired) electrons. The van der Waals surface area contributed by atoms with Gasteiger partial charge in [0.2, 0.25) is 0 Å². The largest absolute Gasteiger partial charge is 0.508 e. The molecule has 5 heteroatoms. The van der Waals surface area contributed by atoms with Gasteiger partial charge in [0.25, 0.3) is 0 Å². The zero-order chi connectivity index (χ0) is 18.4. The Balaban J connectivity index is 1.80. The van der Waals surface area contributed by atoms with E-state index < -0.39 is 0 Å². The molecule has 0 saturated carbocycles. The van der Waals surface area contributed by atoms with Gasteiger partial charge in [-0.2, -0.15) is 0 Å². The molecule has 0 unspecified atom stereocenters. The Morgan fingerprint density at radius 2 is 1.23 bits per heavy atom. The average molecular weight is 348 g/mol. The van der Waals surface area contributed by atoms with Crippen molar-refractivity contribution in [3.63, 3.8) is 0 Å². The Kier molecular flexibility index (Phi) is 5.39. The van der Waals surface area contributed by atoms with Gasteiger partial charge in [0.05, 0.1) is 0 Å². The van der Waals surface area contributed by atoms with Crippen molar-refractivity contribution in [2.75, 3.05) is 5.32 Å². The Morgan fingerprint density at radius 1 is 0.769 bits per heavy atom. The predicted octanol–water partition coefficient (Wildman–Crippen LogP) is 4.33. The summed E-state index contributed by atoms with van der Waals surface area (Å²) in [7, 11) is 0. The lowest BCUT2D eigenvalue weighted by Crippen LogP contribution is -2.34. The fraction of sp³-hybridized carbons (Fsp3) is 0.0952. The van der Waals surface area contributed by atoms with Crippen molar-refractivity contribution >= 4 is 11.7 Å². The highest BCUT2D eigenvalue weighted by Gasteiger charge is 2.15. The molecule has 0 heterocycles. The third-order valence-electron chi connectivity index (χ3n) is 3.87. The van der Waals surface area contributed by atoms with E-state index in [0.717, 1.165) is 11.1 Å². The molecule has 0 aliphatic carbocycles. The number of hydrogen-bond donors (Lipinski definition) is 3. The van der Waals surface area contributed by atoms with Crippen LogP contribution in [0.3, 0.4) is 0 Å². The molecular formula is C21H20N2O3. The van der Waals surface area contributed by atoms with E-state index in [0.29, 0.717) is 18.8 Å². The van der Waals surface area contributed by atoms with Crippen LogP contribution in [-0.4, -0.2) is 21.1 Å². The first-order valence-corrected chi connectivity index (χ1v) is 8.27. The molecule has 5 nitrogen and oxygen atoms in total. The number of hydrogen-bond acceptors (Lipinski definition) is 3. The predicted molar refractivity (Wildman–Crippen MR) is 101 cm³/mol. The second-order valence-corrected chi connectivity index (χ2v) is 6.00. The van der Waals surface area contributed by atoms with Gasteiger partial charge in [-0.05, 0) is 11.1 Å². The van der Waals surface area contributed by atoms with Gasteiger partial charge in [0.15, 0.2) is 0 Å². The van der Waals surface area contributed by atoms with E-state index in [4.69, 9.17) is 0 Å². The van der Waals surface area contributed by atoms with E-state index in [1.54, 1.807) is 4.90 Å². The van der Waals surface area contributed by atoms with E-state index in [1.165, 1.54) is 18.2 Å². The lowest BCUT2D eigenvalue weighted by atomic mass is 10.2. The number of rotatable bonds is 5. The number of nitrogens with zero attached hydrogens (tertiary/aromatic N) is 1. The van der Waals surface area contributed by atoms with Crippen LogP contribution in [0.5, 0.6) is 11.5 Å². The van der Waals surface area contributed by atoms with Crippen molar-refractivity contribution in [1.82, 2.24) is 4.90 Å². The minimum Gasteiger partial charge on any atom is -0.508 e. The van der Waals surface area contributed by atoms with Gasteiger partial charge in [-0.3, -0.25) is 0 Å². The molecule has 0 atom stereocenters. The maximum Gasteiger partial charge on any atom is 0.322 e. The van der Waals surface area contributed by atoms with E-state index in [1.807, 2.05) is 60.7 Å². The van der Waals surface area contributed by atoms with Crippen LogP contribution in [0.2, 0.25) is 0 Å². The maximum atomic E-state index is 12.8. The lowest BCUT2D eigenvalue weighted by Gasteiger charge is -2.23. The molecule has 3 N–H and O–H groups in total. The Bertz CT molecular complexity index is 805. The number of anilines is 1. The van der Waals surface area contributed by atoms with Gasteiger partial charge in [-0.25, -0.2) is 4.79 Å². The molecule has 2 amide bonds. The molecule has 132 valence electrons. The summed E-state index contributed by atoms with van der Waals surface area (Å²) in [5.41, 5.74) is 2.35. The summed E-state index contributed by atoms with van der Waals surface area (Å²) < 4.78 is 0. The third-order valence-corrected chi connectivity index (χ3v) is 3.87. The normalized spacial score (nSPS) is 10.3. The zero-order valence-electron chi connectivity index (χ0n) is 14.2. The van der Waals surface area contributed by atoms with Gasteiger partial charge in [0.1, 0.15) is 11.5 Å². The van der Waals surface area contributed by atoms with Gasteiger partial charge in [-0.1, -0.05) is 60.7 Å². The lowest BCUT2D eigenvalue weighted by molar-refractivity contribution is 0.206. The molecular weight excluding hydrogens is 328 g/mol. The van der Waals surface area contributed by atoms with Crippen molar-refractivity contribution in [1.29, 1.82) is 0 Å². The van der Waals surface area contributed by atoms with Crippen molar-refractivity contribution in [3.05, 3.63) is 90.0 Å². The molecule has 0 fully saturated rings. The number of carbonyl (C=O) groups is 1. The Labute approximate surface area is 152 Å². The highest BCUT2D eigenvalue weighted by molar-refractivity contribution is 5.89. The maximum absolute atomic E-state index is 12.8. The topological polar surface area (TPSA) is 72.8 Å². The highest BCUT2D eigenvalue weighted by Crippen LogP contribution is 2.24. The smallest absolute Gasteiger partial charge is 0.322 e. The first-order chi connectivity index (χ1) is 12.6. The van der Waals surface area contributed by atoms with Gasteiger partial charge < -0.3 is 20.4 Å². The van der Waals surface area contributed by atoms with Crippen molar-refractivity contribution in [3.8, 4) is 11.5 Å². The Hall–Kier alpha value is -3.47. The van der Waals surface area contributed by atoms with Gasteiger partial charge in [0, 0.05) is 37.0 Å². The number of aromatic hydroxyl groups is 2. The van der Waals surface area contributed by atoms with Crippen LogP contribution in [0.1, 0.15) is 11.1 Å². The number of phenolic OH excluding ortho intramolecular Hbond substituents is 2. The van der Waals surface area contributed by atoms with Crippen LogP contribution < -0.4 is 5.32 Å². The van der Waals surface area contributed by atoms with Crippen LogP contribution >= 0.6 is 0 Å². The summed E-state index contributed by atoms with van der Waals surface area (Å²) in [6, 6.07) is 23.1.